The molecule has 2 atom stereocenters. The number of ketones is 1. The highest BCUT2D eigenvalue weighted by molar-refractivity contribution is 5.83. The van der Waals surface area contributed by atoms with Crippen molar-refractivity contribution in [1.82, 2.24) is 4.90 Å². The van der Waals surface area contributed by atoms with Crippen LogP contribution in [0.15, 0.2) is 48.5 Å². The van der Waals surface area contributed by atoms with Crippen molar-refractivity contribution in [3.05, 3.63) is 71.0 Å². The quantitative estimate of drug-likeness (QED) is 0.659. The van der Waals surface area contributed by atoms with Crippen LogP contribution in [0, 0.1) is 11.7 Å². The number of benzene rings is 2. The number of fused-ring (bicyclic) bond motifs is 2. The molecule has 2 bridgehead atoms. The molecular weight excluding hydrogens is 398 g/mol. The van der Waals surface area contributed by atoms with E-state index >= 15 is 0 Å². The van der Waals surface area contributed by atoms with E-state index in [0.29, 0.717) is 32.1 Å². The van der Waals surface area contributed by atoms with Crippen molar-refractivity contribution in [2.75, 3.05) is 13.2 Å². The highest BCUT2D eigenvalue weighted by atomic mass is 19.4. The summed E-state index contributed by atoms with van der Waals surface area (Å²) in [4.78, 5) is 15.2. The molecule has 0 aromatic heterocycles. The second kappa shape index (κ2) is 8.47. The first-order valence-corrected chi connectivity index (χ1v) is 10.1. The van der Waals surface area contributed by atoms with Gasteiger partial charge in [0.05, 0.1) is 18.8 Å². The van der Waals surface area contributed by atoms with E-state index in [4.69, 9.17) is 4.74 Å². The lowest BCUT2D eigenvalue weighted by Gasteiger charge is -2.48. The molecule has 0 aliphatic carbocycles. The van der Waals surface area contributed by atoms with Crippen LogP contribution in [-0.4, -0.2) is 36.0 Å². The smallest absolute Gasteiger partial charge is 0.378 e. The number of ether oxygens (including phenoxy) is 1. The molecule has 0 N–H and O–H groups in total. The monoisotopic (exact) mass is 421 g/mol. The zero-order valence-electron chi connectivity index (χ0n) is 16.4. The van der Waals surface area contributed by atoms with Gasteiger partial charge in [0.25, 0.3) is 0 Å². The Morgan fingerprint density at radius 1 is 1.03 bits per heavy atom. The maximum Gasteiger partial charge on any atom is 0.416 e. The maximum absolute atomic E-state index is 14.2. The minimum atomic E-state index is -4.60. The van der Waals surface area contributed by atoms with Gasteiger partial charge < -0.3 is 4.74 Å². The third kappa shape index (κ3) is 4.57. The van der Waals surface area contributed by atoms with Gasteiger partial charge in [0.15, 0.2) is 0 Å². The molecular formula is C23H23F4NO2. The molecule has 2 aliphatic rings. The Hall–Kier alpha value is -2.25. The largest absolute Gasteiger partial charge is 0.416 e. The van der Waals surface area contributed by atoms with E-state index < -0.39 is 17.6 Å². The highest BCUT2D eigenvalue weighted by Crippen LogP contribution is 2.35. The number of morpholine rings is 1. The Bertz CT molecular complexity index is 886. The molecule has 0 radical (unpaired) electrons. The number of carbonyl (C=O) groups excluding carboxylic acids is 1. The fraction of sp³-hybridized carbons (Fsp3) is 0.435. The fourth-order valence-electron chi connectivity index (χ4n) is 4.50. The molecule has 2 unspecified atom stereocenters. The number of alkyl halides is 3. The molecule has 2 saturated heterocycles. The van der Waals surface area contributed by atoms with Crippen molar-refractivity contribution in [1.29, 1.82) is 0 Å². The molecule has 4 rings (SSSR count). The van der Waals surface area contributed by atoms with Gasteiger partial charge in [-0.3, -0.25) is 9.69 Å². The third-order valence-electron chi connectivity index (χ3n) is 6.08. The molecule has 7 heteroatoms. The predicted molar refractivity (Wildman–Crippen MR) is 103 cm³/mol. The highest BCUT2D eigenvalue weighted by Gasteiger charge is 2.41. The second-order valence-corrected chi connectivity index (χ2v) is 8.12. The summed E-state index contributed by atoms with van der Waals surface area (Å²) < 4.78 is 58.0. The van der Waals surface area contributed by atoms with E-state index in [9.17, 15) is 22.4 Å². The molecule has 2 fully saturated rings. The zero-order valence-corrected chi connectivity index (χ0v) is 16.4. The van der Waals surface area contributed by atoms with Gasteiger partial charge in [-0.15, -0.1) is 0 Å². The normalized spacial score (nSPS) is 24.6. The van der Waals surface area contributed by atoms with Crippen molar-refractivity contribution in [3.63, 3.8) is 0 Å². The summed E-state index contributed by atoms with van der Waals surface area (Å²) in [6.45, 7) is 1.87. The fourth-order valence-corrected chi connectivity index (χ4v) is 4.50. The van der Waals surface area contributed by atoms with Gasteiger partial charge in [0.1, 0.15) is 11.6 Å². The summed E-state index contributed by atoms with van der Waals surface area (Å²) in [7, 11) is 0. The van der Waals surface area contributed by atoms with Crippen LogP contribution in [0.4, 0.5) is 17.6 Å². The van der Waals surface area contributed by atoms with Crippen LogP contribution >= 0.6 is 0 Å². The zero-order chi connectivity index (χ0) is 21.3. The van der Waals surface area contributed by atoms with Gasteiger partial charge in [0.2, 0.25) is 0 Å². The third-order valence-corrected chi connectivity index (χ3v) is 6.08. The number of carbonyl (C=O) groups is 1. The lowest BCUT2D eigenvalue weighted by Crippen LogP contribution is -2.57. The van der Waals surface area contributed by atoms with Gasteiger partial charge in [-0.25, -0.2) is 4.39 Å². The Labute approximate surface area is 172 Å². The Morgan fingerprint density at radius 3 is 2.30 bits per heavy atom. The van der Waals surface area contributed by atoms with Gasteiger partial charge in [-0.2, -0.15) is 13.2 Å². The first-order chi connectivity index (χ1) is 14.3. The van der Waals surface area contributed by atoms with Crippen LogP contribution in [-0.2, 0) is 28.7 Å². The molecule has 30 heavy (non-hydrogen) atoms. The molecule has 0 saturated carbocycles. The second-order valence-electron chi connectivity index (χ2n) is 8.12. The number of halogens is 4. The maximum atomic E-state index is 14.2. The summed E-state index contributed by atoms with van der Waals surface area (Å²) in [6.07, 6.45) is -3.56. The first kappa shape index (κ1) is 21.0. The average molecular weight is 421 g/mol. The Kier molecular flexibility index (Phi) is 5.93. The van der Waals surface area contributed by atoms with Gasteiger partial charge in [-0.05, 0) is 36.1 Å². The average Bonchev–Trinajstić information content (AvgIpc) is 2.69. The minimum Gasteiger partial charge on any atom is -0.378 e. The number of hydrogen-bond donors (Lipinski definition) is 0. The standard InChI is InChI=1S/C23H23F4NO2/c24-21-11-18(23(25,26)27)7-6-16(21)10-22(29)17-8-19-13-30-14-20(9-17)28(19)12-15-4-2-1-3-5-15/h1-7,11,17,19-20H,8-10,12-14H2. The molecule has 2 aromatic rings. The van der Waals surface area contributed by atoms with E-state index in [1.807, 2.05) is 18.2 Å². The van der Waals surface area contributed by atoms with Crippen molar-refractivity contribution in [2.24, 2.45) is 5.92 Å². The lowest BCUT2D eigenvalue weighted by atomic mass is 9.80. The van der Waals surface area contributed by atoms with E-state index in [2.05, 4.69) is 17.0 Å². The molecule has 2 aliphatic heterocycles. The summed E-state index contributed by atoms with van der Waals surface area (Å²) >= 11 is 0. The number of Topliss-reactive ketones (excluding diaryl/α,β-unsaturated/α-hetero) is 1. The van der Waals surface area contributed by atoms with Gasteiger partial charge in [-0.1, -0.05) is 36.4 Å². The van der Waals surface area contributed by atoms with Crippen LogP contribution < -0.4 is 0 Å². The topological polar surface area (TPSA) is 29.5 Å². The summed E-state index contributed by atoms with van der Waals surface area (Å²) in [5, 5.41) is 0. The Morgan fingerprint density at radius 2 is 1.70 bits per heavy atom. The van der Waals surface area contributed by atoms with Gasteiger partial charge >= 0.3 is 6.18 Å². The Balaban J connectivity index is 1.43. The van der Waals surface area contributed by atoms with Crippen LogP contribution in [0.2, 0.25) is 0 Å². The SMILES string of the molecule is O=C(Cc1ccc(C(F)(F)F)cc1F)C1CC2COCC(C1)N2Cc1ccccc1. The molecule has 2 aromatic carbocycles. The van der Waals surface area contributed by atoms with E-state index in [1.54, 1.807) is 0 Å². The molecule has 2 heterocycles. The molecule has 0 amide bonds. The van der Waals surface area contributed by atoms with E-state index in [-0.39, 0.29) is 35.8 Å². The first-order valence-electron chi connectivity index (χ1n) is 10.1. The summed E-state index contributed by atoms with van der Waals surface area (Å²) in [5.41, 5.74) is 0.171. The summed E-state index contributed by atoms with van der Waals surface area (Å²) in [5.74, 6) is -1.34. The van der Waals surface area contributed by atoms with Crippen molar-refractivity contribution >= 4 is 5.78 Å². The van der Waals surface area contributed by atoms with Crippen molar-refractivity contribution < 1.29 is 27.1 Å². The lowest BCUT2D eigenvalue weighted by molar-refractivity contribution is -0.137. The molecule has 3 nitrogen and oxygen atoms in total. The van der Waals surface area contributed by atoms with Crippen molar-refractivity contribution in [3.8, 4) is 0 Å². The van der Waals surface area contributed by atoms with Crippen LogP contribution in [0.3, 0.4) is 0 Å². The van der Waals surface area contributed by atoms with Crippen molar-refractivity contribution in [2.45, 2.75) is 44.1 Å². The predicted octanol–water partition coefficient (Wildman–Crippen LogP) is 4.64. The van der Waals surface area contributed by atoms with Crippen LogP contribution in [0.25, 0.3) is 0 Å². The van der Waals surface area contributed by atoms with E-state index in [1.165, 1.54) is 5.56 Å². The number of piperidine rings is 1. The number of hydrogen-bond acceptors (Lipinski definition) is 3. The molecule has 160 valence electrons. The van der Waals surface area contributed by atoms with E-state index in [0.717, 1.165) is 18.7 Å². The number of rotatable bonds is 5. The minimum absolute atomic E-state index is 0.0149. The molecule has 0 spiro atoms. The summed E-state index contributed by atoms with van der Waals surface area (Å²) in [6, 6.07) is 12.7. The van der Waals surface area contributed by atoms with Crippen LogP contribution in [0.5, 0.6) is 0 Å². The van der Waals surface area contributed by atoms with Crippen LogP contribution in [0.1, 0.15) is 29.5 Å². The number of nitrogens with zero attached hydrogens (tertiary/aromatic N) is 1. The van der Waals surface area contributed by atoms with Gasteiger partial charge in [0, 0.05) is 31.0 Å².